The molecule has 5 aromatic rings. The number of hydrogen-bond donors (Lipinski definition) is 0. The van der Waals surface area contributed by atoms with Crippen LogP contribution in [-0.2, 0) is 6.42 Å². The zero-order chi connectivity index (χ0) is 18.4. The number of benzene rings is 2. The zero-order valence-corrected chi connectivity index (χ0v) is 14.6. The molecular weight excluding hydrogens is 342 g/mol. The Balaban J connectivity index is 1.57. The van der Waals surface area contributed by atoms with E-state index in [9.17, 15) is 0 Å². The maximum absolute atomic E-state index is 5.80. The molecule has 0 aliphatic rings. The Morgan fingerprint density at radius 1 is 0.926 bits per heavy atom. The minimum Gasteiger partial charge on any atom is -0.425 e. The van der Waals surface area contributed by atoms with Crippen molar-refractivity contribution in [2.75, 3.05) is 0 Å². The van der Waals surface area contributed by atoms with E-state index in [4.69, 9.17) is 8.83 Å². The highest BCUT2D eigenvalue weighted by Crippen LogP contribution is 2.32. The van der Waals surface area contributed by atoms with Crippen molar-refractivity contribution < 1.29 is 8.83 Å². The summed E-state index contributed by atoms with van der Waals surface area (Å²) < 4.78 is 13.2. The summed E-state index contributed by atoms with van der Waals surface area (Å²) >= 11 is 0. The normalized spacial score (nSPS) is 11.4. The fourth-order valence-electron chi connectivity index (χ4n) is 3.31. The number of rotatable bonds is 4. The summed E-state index contributed by atoms with van der Waals surface area (Å²) in [6, 6.07) is 14.3. The van der Waals surface area contributed by atoms with Gasteiger partial charge in [-0.05, 0) is 24.3 Å². The molecule has 0 amide bonds. The van der Waals surface area contributed by atoms with Gasteiger partial charge >= 0.3 is 0 Å². The van der Waals surface area contributed by atoms with E-state index in [2.05, 4.69) is 49.7 Å². The highest BCUT2D eigenvalue weighted by atomic mass is 16.4. The minimum atomic E-state index is 0.311. The molecule has 0 bridgehead atoms. The second-order valence-electron chi connectivity index (χ2n) is 6.19. The maximum Gasteiger partial charge on any atom is 0.247 e. The number of aryl methyl sites for hydroxylation is 1. The highest BCUT2D eigenvalue weighted by molar-refractivity contribution is 6.10. The molecule has 0 atom stereocenters. The van der Waals surface area contributed by atoms with Gasteiger partial charge in [-0.3, -0.25) is 0 Å². The smallest absolute Gasteiger partial charge is 0.247 e. The Morgan fingerprint density at radius 3 is 2.52 bits per heavy atom. The number of hydrogen-bond acceptors (Lipinski definition) is 6. The first-order chi connectivity index (χ1) is 13.2. The van der Waals surface area contributed by atoms with Crippen LogP contribution >= 0.6 is 0 Å². The first-order valence-corrected chi connectivity index (χ1v) is 8.50. The molecule has 27 heavy (non-hydrogen) atoms. The lowest BCUT2D eigenvalue weighted by molar-refractivity contribution is 0.446. The molecule has 2 aromatic carbocycles. The topological polar surface area (TPSA) is 82.8 Å². The van der Waals surface area contributed by atoms with E-state index < -0.39 is 0 Å². The number of fused-ring (bicyclic) bond motifs is 3. The molecule has 0 unspecified atom stereocenters. The van der Waals surface area contributed by atoms with Gasteiger partial charge in [0.15, 0.2) is 0 Å². The fourth-order valence-corrected chi connectivity index (χ4v) is 3.31. The third-order valence-electron chi connectivity index (χ3n) is 4.48. The summed E-state index contributed by atoms with van der Waals surface area (Å²) in [5, 5.41) is 18.3. The number of nitrogens with zero attached hydrogens (tertiary/aromatic N) is 5. The van der Waals surface area contributed by atoms with E-state index in [0.717, 1.165) is 27.4 Å². The molecule has 3 aromatic heterocycles. The molecule has 0 saturated heterocycles. The van der Waals surface area contributed by atoms with Crippen LogP contribution in [0.4, 0.5) is 0 Å². The summed E-state index contributed by atoms with van der Waals surface area (Å²) in [7, 11) is 0. The lowest BCUT2D eigenvalue weighted by atomic mass is 10.1. The van der Waals surface area contributed by atoms with Gasteiger partial charge in [0.25, 0.3) is 0 Å². The lowest BCUT2D eigenvalue weighted by Gasteiger charge is -1.99. The molecular formula is C20H15N5O2. The average Bonchev–Trinajstić information content (AvgIpc) is 3.39. The van der Waals surface area contributed by atoms with E-state index in [1.165, 1.54) is 0 Å². The lowest BCUT2D eigenvalue weighted by Crippen LogP contribution is -1.88. The van der Waals surface area contributed by atoms with Crippen LogP contribution in [0.3, 0.4) is 0 Å². The number of para-hydroxylation sites is 1. The van der Waals surface area contributed by atoms with E-state index in [1.54, 1.807) is 6.92 Å². The molecule has 0 radical (unpaired) electrons. The van der Waals surface area contributed by atoms with E-state index in [0.29, 0.717) is 30.0 Å². The summed E-state index contributed by atoms with van der Waals surface area (Å²) in [6.45, 7) is 5.67. The molecule has 7 heteroatoms. The molecule has 0 spiro atoms. The first-order valence-electron chi connectivity index (χ1n) is 8.50. The molecule has 0 aliphatic carbocycles. The van der Waals surface area contributed by atoms with Gasteiger partial charge in [0.2, 0.25) is 23.6 Å². The third-order valence-corrected chi connectivity index (χ3v) is 4.48. The van der Waals surface area contributed by atoms with Crippen LogP contribution in [0, 0.1) is 6.92 Å². The van der Waals surface area contributed by atoms with Gasteiger partial charge in [-0.15, -0.1) is 20.4 Å². The third kappa shape index (κ3) is 2.52. The molecule has 7 nitrogen and oxygen atoms in total. The van der Waals surface area contributed by atoms with Crippen molar-refractivity contribution in [1.29, 1.82) is 0 Å². The first kappa shape index (κ1) is 15.5. The van der Waals surface area contributed by atoms with Gasteiger partial charge in [-0.1, -0.05) is 24.8 Å². The van der Waals surface area contributed by atoms with Gasteiger partial charge < -0.3 is 13.4 Å². The predicted octanol–water partition coefficient (Wildman–Crippen LogP) is 4.23. The van der Waals surface area contributed by atoms with E-state index in [1.807, 2.05) is 30.5 Å². The molecule has 132 valence electrons. The van der Waals surface area contributed by atoms with Crippen LogP contribution in [-0.4, -0.2) is 25.0 Å². The molecule has 0 N–H and O–H groups in total. The van der Waals surface area contributed by atoms with Crippen LogP contribution in [0.2, 0.25) is 0 Å². The second-order valence-corrected chi connectivity index (χ2v) is 6.19. The Labute approximate surface area is 154 Å². The Kier molecular flexibility index (Phi) is 3.39. The monoisotopic (exact) mass is 357 g/mol. The van der Waals surface area contributed by atoms with Gasteiger partial charge in [-0.2, -0.15) is 0 Å². The fraction of sp³-hybridized carbons (Fsp3) is 0.100. The van der Waals surface area contributed by atoms with E-state index in [-0.39, 0.29) is 0 Å². The molecule has 0 aliphatic heterocycles. The molecule has 0 saturated carbocycles. The standard InChI is InChI=1S/C20H15N5O2/c1-3-25-16-7-5-4-6-14(16)15-10-13(8-9-17(15)25)20-24-23-19(27-20)11-18-22-21-12(2)26-18/h3-10H,1,11H2,2H3. The van der Waals surface area contributed by atoms with Gasteiger partial charge in [0.05, 0.1) is 11.0 Å². The van der Waals surface area contributed by atoms with Crippen molar-refractivity contribution in [3.05, 3.63) is 66.7 Å². The predicted molar refractivity (Wildman–Crippen MR) is 101 cm³/mol. The van der Waals surface area contributed by atoms with Gasteiger partial charge in [0, 0.05) is 29.5 Å². The Hall–Kier alpha value is -3.74. The van der Waals surface area contributed by atoms with Crippen molar-refractivity contribution in [3.63, 3.8) is 0 Å². The highest BCUT2D eigenvalue weighted by Gasteiger charge is 2.15. The quantitative estimate of drug-likeness (QED) is 0.479. The Bertz CT molecular complexity index is 1290. The SMILES string of the molecule is C=Cn1c2ccccc2c2cc(-c3nnc(Cc4nnc(C)o4)o3)ccc21. The molecule has 5 rings (SSSR count). The van der Waals surface area contributed by atoms with Gasteiger partial charge in [0.1, 0.15) is 6.42 Å². The zero-order valence-electron chi connectivity index (χ0n) is 14.6. The summed E-state index contributed by atoms with van der Waals surface area (Å²) in [6.07, 6.45) is 2.13. The average molecular weight is 357 g/mol. The van der Waals surface area contributed by atoms with Crippen LogP contribution in [0.25, 0.3) is 39.5 Å². The largest absolute Gasteiger partial charge is 0.425 e. The maximum atomic E-state index is 5.80. The summed E-state index contributed by atoms with van der Waals surface area (Å²) in [5.74, 6) is 1.85. The van der Waals surface area contributed by atoms with E-state index >= 15 is 0 Å². The molecule has 3 heterocycles. The second kappa shape index (κ2) is 5.91. The van der Waals surface area contributed by atoms with Crippen molar-refractivity contribution >= 4 is 28.0 Å². The number of aromatic nitrogens is 5. The van der Waals surface area contributed by atoms with Crippen LogP contribution in [0.5, 0.6) is 0 Å². The summed E-state index contributed by atoms with van der Waals surface area (Å²) in [4.78, 5) is 0. The van der Waals surface area contributed by atoms with Crippen molar-refractivity contribution in [2.45, 2.75) is 13.3 Å². The van der Waals surface area contributed by atoms with Gasteiger partial charge in [-0.25, -0.2) is 0 Å². The van der Waals surface area contributed by atoms with Crippen LogP contribution in [0.15, 0.2) is 57.9 Å². The summed E-state index contributed by atoms with van der Waals surface area (Å²) in [5.41, 5.74) is 3.04. The van der Waals surface area contributed by atoms with Crippen molar-refractivity contribution in [3.8, 4) is 11.5 Å². The van der Waals surface area contributed by atoms with Crippen LogP contribution < -0.4 is 0 Å². The minimum absolute atomic E-state index is 0.311. The van der Waals surface area contributed by atoms with Crippen LogP contribution in [0.1, 0.15) is 17.7 Å². The van der Waals surface area contributed by atoms with Crippen molar-refractivity contribution in [2.24, 2.45) is 0 Å². The Morgan fingerprint density at radius 2 is 1.70 bits per heavy atom. The van der Waals surface area contributed by atoms with Crippen molar-refractivity contribution in [1.82, 2.24) is 25.0 Å². The molecule has 0 fully saturated rings.